The Kier molecular flexibility index (Phi) is 8.40. The minimum absolute atomic E-state index is 0.0189. The Morgan fingerprint density at radius 3 is 1.97 bits per heavy atom. The van der Waals surface area contributed by atoms with Crippen molar-refractivity contribution in [3.8, 4) is 0 Å². The van der Waals surface area contributed by atoms with Crippen LogP contribution in [0.15, 0.2) is 78.9 Å². The van der Waals surface area contributed by atoms with Crippen LogP contribution in [-0.4, -0.2) is 49.3 Å². The van der Waals surface area contributed by atoms with Crippen LogP contribution in [0.25, 0.3) is 0 Å². The monoisotopic (exact) mass is 458 g/mol. The predicted molar refractivity (Wildman–Crippen MR) is 136 cm³/mol. The summed E-state index contributed by atoms with van der Waals surface area (Å²) in [6.07, 6.45) is 0. The van der Waals surface area contributed by atoms with Gasteiger partial charge in [0.15, 0.2) is 0 Å². The van der Waals surface area contributed by atoms with E-state index in [0.717, 1.165) is 5.69 Å². The third-order valence-corrected chi connectivity index (χ3v) is 5.45. The molecule has 0 heterocycles. The van der Waals surface area contributed by atoms with Crippen LogP contribution in [0, 0.1) is 0 Å². The van der Waals surface area contributed by atoms with Crippen molar-refractivity contribution in [2.24, 2.45) is 0 Å². The Morgan fingerprint density at radius 1 is 0.735 bits per heavy atom. The first-order chi connectivity index (χ1) is 16.4. The van der Waals surface area contributed by atoms with Gasteiger partial charge in [-0.15, -0.1) is 0 Å². The van der Waals surface area contributed by atoms with Crippen molar-refractivity contribution in [2.75, 3.05) is 42.2 Å². The summed E-state index contributed by atoms with van der Waals surface area (Å²) in [7, 11) is 1.71. The van der Waals surface area contributed by atoms with Crippen LogP contribution in [0.4, 0.5) is 17.1 Å². The summed E-state index contributed by atoms with van der Waals surface area (Å²) in [6.45, 7) is 5.17. The predicted octanol–water partition coefficient (Wildman–Crippen LogP) is 4.50. The Morgan fingerprint density at radius 2 is 1.32 bits per heavy atom. The fourth-order valence-corrected chi connectivity index (χ4v) is 3.54. The molecule has 0 bridgehead atoms. The van der Waals surface area contributed by atoms with Crippen LogP contribution in [0.1, 0.15) is 34.6 Å². The van der Waals surface area contributed by atoms with Crippen molar-refractivity contribution in [3.05, 3.63) is 90.0 Å². The number of anilines is 3. The van der Waals surface area contributed by atoms with Gasteiger partial charge in [0, 0.05) is 48.3 Å². The zero-order valence-corrected chi connectivity index (χ0v) is 19.7. The molecule has 0 aliphatic rings. The molecule has 0 aromatic heterocycles. The molecule has 3 aromatic carbocycles. The van der Waals surface area contributed by atoms with Gasteiger partial charge >= 0.3 is 0 Å². The van der Waals surface area contributed by atoms with Gasteiger partial charge in [0.05, 0.1) is 6.54 Å². The van der Waals surface area contributed by atoms with Crippen LogP contribution in [0.5, 0.6) is 0 Å². The summed E-state index contributed by atoms with van der Waals surface area (Å²) in [5, 5.41) is 5.87. The van der Waals surface area contributed by atoms with E-state index in [1.54, 1.807) is 59.3 Å². The van der Waals surface area contributed by atoms with Crippen molar-refractivity contribution in [3.63, 3.8) is 0 Å². The maximum Gasteiger partial charge on any atom is 0.258 e. The van der Waals surface area contributed by atoms with Crippen LogP contribution in [0.2, 0.25) is 0 Å². The van der Waals surface area contributed by atoms with Gasteiger partial charge in [-0.05, 0) is 62.4 Å². The number of amides is 3. The number of carbonyl (C=O) groups is 3. The number of hydrogen-bond donors (Lipinski definition) is 2. The van der Waals surface area contributed by atoms with Crippen molar-refractivity contribution in [1.82, 2.24) is 4.90 Å². The summed E-state index contributed by atoms with van der Waals surface area (Å²) in [4.78, 5) is 41.2. The molecule has 34 heavy (non-hydrogen) atoms. The number of benzene rings is 3. The second-order valence-corrected chi connectivity index (χ2v) is 7.74. The molecule has 7 nitrogen and oxygen atoms in total. The summed E-state index contributed by atoms with van der Waals surface area (Å²) in [6, 6.07) is 23.3. The number of hydrogen-bond acceptors (Lipinski definition) is 4. The smallest absolute Gasteiger partial charge is 0.258 e. The molecule has 0 saturated carbocycles. The van der Waals surface area contributed by atoms with Crippen molar-refractivity contribution >= 4 is 34.8 Å². The standard InChI is InChI=1S/C27H30N4O3/c1-4-31(5-2)27(34)21-12-9-13-22(17-21)28-19-25(32)29-23-14-10-11-20(18-23)26(33)30(3)24-15-7-6-8-16-24/h6-18,28H,4-5,19H2,1-3H3,(H,29,32). The van der Waals surface area contributed by atoms with E-state index in [0.29, 0.717) is 35.6 Å². The van der Waals surface area contributed by atoms with E-state index in [2.05, 4.69) is 10.6 Å². The molecule has 3 aromatic rings. The Hall–Kier alpha value is -4.13. The molecule has 0 radical (unpaired) electrons. The van der Waals surface area contributed by atoms with Gasteiger partial charge in [-0.25, -0.2) is 0 Å². The van der Waals surface area contributed by atoms with Gasteiger partial charge in [0.1, 0.15) is 0 Å². The van der Waals surface area contributed by atoms with E-state index in [9.17, 15) is 14.4 Å². The molecule has 0 unspecified atom stereocenters. The maximum atomic E-state index is 12.8. The van der Waals surface area contributed by atoms with Crippen molar-refractivity contribution < 1.29 is 14.4 Å². The number of rotatable bonds is 9. The third kappa shape index (κ3) is 6.22. The average molecular weight is 459 g/mol. The zero-order valence-electron chi connectivity index (χ0n) is 19.7. The second-order valence-electron chi connectivity index (χ2n) is 7.74. The summed E-state index contributed by atoms with van der Waals surface area (Å²) in [5.41, 5.74) is 3.04. The molecule has 0 saturated heterocycles. The van der Waals surface area contributed by atoms with E-state index < -0.39 is 0 Å². The van der Waals surface area contributed by atoms with E-state index in [1.165, 1.54) is 0 Å². The van der Waals surface area contributed by atoms with E-state index >= 15 is 0 Å². The lowest BCUT2D eigenvalue weighted by molar-refractivity contribution is -0.114. The van der Waals surface area contributed by atoms with Gasteiger partial charge in [0.25, 0.3) is 11.8 Å². The van der Waals surface area contributed by atoms with E-state index in [-0.39, 0.29) is 24.3 Å². The normalized spacial score (nSPS) is 10.3. The molecule has 7 heteroatoms. The zero-order chi connectivity index (χ0) is 24.5. The largest absolute Gasteiger partial charge is 0.376 e. The van der Waals surface area contributed by atoms with Crippen molar-refractivity contribution in [1.29, 1.82) is 0 Å². The fourth-order valence-electron chi connectivity index (χ4n) is 3.54. The van der Waals surface area contributed by atoms with Crippen LogP contribution < -0.4 is 15.5 Å². The van der Waals surface area contributed by atoms with Crippen LogP contribution in [-0.2, 0) is 4.79 Å². The number of carbonyl (C=O) groups excluding carboxylic acids is 3. The molecule has 0 aliphatic carbocycles. The fraction of sp³-hybridized carbons (Fsp3) is 0.222. The molecule has 0 fully saturated rings. The molecule has 0 spiro atoms. The Bertz CT molecular complexity index is 1140. The highest BCUT2D eigenvalue weighted by Crippen LogP contribution is 2.18. The maximum absolute atomic E-state index is 12.8. The number of nitrogens with one attached hydrogen (secondary N) is 2. The number of nitrogens with zero attached hydrogens (tertiary/aromatic N) is 2. The van der Waals surface area contributed by atoms with Gasteiger partial charge in [0.2, 0.25) is 5.91 Å². The summed E-state index contributed by atoms with van der Waals surface area (Å²) < 4.78 is 0. The van der Waals surface area contributed by atoms with Gasteiger partial charge in [-0.1, -0.05) is 30.3 Å². The van der Waals surface area contributed by atoms with Crippen LogP contribution in [0.3, 0.4) is 0 Å². The third-order valence-electron chi connectivity index (χ3n) is 5.45. The molecule has 3 amide bonds. The average Bonchev–Trinajstić information content (AvgIpc) is 2.88. The van der Waals surface area contributed by atoms with Gasteiger partial charge in [-0.3, -0.25) is 14.4 Å². The lowest BCUT2D eigenvalue weighted by atomic mass is 10.1. The van der Waals surface area contributed by atoms with Gasteiger partial charge in [-0.2, -0.15) is 0 Å². The molecule has 2 N–H and O–H groups in total. The van der Waals surface area contributed by atoms with Crippen molar-refractivity contribution in [2.45, 2.75) is 13.8 Å². The van der Waals surface area contributed by atoms with E-state index in [1.807, 2.05) is 50.2 Å². The van der Waals surface area contributed by atoms with Crippen LogP contribution >= 0.6 is 0 Å². The first kappa shape index (κ1) is 24.5. The van der Waals surface area contributed by atoms with E-state index in [4.69, 9.17) is 0 Å². The SMILES string of the molecule is CCN(CC)C(=O)c1cccc(NCC(=O)Nc2cccc(C(=O)N(C)c3ccccc3)c2)c1. The lowest BCUT2D eigenvalue weighted by Crippen LogP contribution is -2.30. The van der Waals surface area contributed by atoms with Gasteiger partial charge < -0.3 is 20.4 Å². The summed E-state index contributed by atoms with van der Waals surface area (Å²) in [5.74, 6) is -0.475. The second kappa shape index (κ2) is 11.7. The highest BCUT2D eigenvalue weighted by molar-refractivity contribution is 6.06. The molecule has 0 aliphatic heterocycles. The minimum atomic E-state index is -0.263. The molecular formula is C27H30N4O3. The minimum Gasteiger partial charge on any atom is -0.376 e. The first-order valence-electron chi connectivity index (χ1n) is 11.3. The highest BCUT2D eigenvalue weighted by Gasteiger charge is 2.15. The quantitative estimate of drug-likeness (QED) is 0.495. The summed E-state index contributed by atoms with van der Waals surface area (Å²) >= 11 is 0. The molecular weight excluding hydrogens is 428 g/mol. The first-order valence-corrected chi connectivity index (χ1v) is 11.3. The number of para-hydroxylation sites is 1. The molecule has 3 rings (SSSR count). The Labute approximate surface area is 200 Å². The Balaban J connectivity index is 1.60. The highest BCUT2D eigenvalue weighted by atomic mass is 16.2. The molecule has 176 valence electrons. The molecule has 0 atom stereocenters. The topological polar surface area (TPSA) is 81.8 Å². The lowest BCUT2D eigenvalue weighted by Gasteiger charge is -2.19.